The smallest absolute Gasteiger partial charge is 0.186 e. The summed E-state index contributed by atoms with van der Waals surface area (Å²) in [6, 6.07) is 7.68. The van der Waals surface area contributed by atoms with Crippen LogP contribution in [0.3, 0.4) is 0 Å². The molecule has 0 saturated carbocycles. The summed E-state index contributed by atoms with van der Waals surface area (Å²) >= 11 is 9.36. The van der Waals surface area contributed by atoms with E-state index in [2.05, 4.69) is 15.3 Å². The van der Waals surface area contributed by atoms with Crippen LogP contribution in [-0.4, -0.2) is 26.1 Å². The molecule has 0 bridgehead atoms. The molecule has 0 aliphatic rings. The summed E-state index contributed by atoms with van der Waals surface area (Å²) in [6.45, 7) is 0. The minimum absolute atomic E-state index is 0.703. The summed E-state index contributed by atoms with van der Waals surface area (Å²) in [5.41, 5.74) is 0.935. The molecule has 0 unspecified atom stereocenters. The van der Waals surface area contributed by atoms with Gasteiger partial charge < -0.3 is 0 Å². The zero-order chi connectivity index (χ0) is 12.5. The van der Waals surface area contributed by atoms with E-state index in [4.69, 9.17) is 11.6 Å². The SMILES string of the molecule is CSCc1nnc2sc(-c3ccccc3Cl)nn12. The van der Waals surface area contributed by atoms with Crippen molar-refractivity contribution in [2.24, 2.45) is 0 Å². The maximum absolute atomic E-state index is 6.17. The third kappa shape index (κ3) is 2.00. The van der Waals surface area contributed by atoms with Crippen LogP contribution < -0.4 is 0 Å². The molecule has 4 nitrogen and oxygen atoms in total. The van der Waals surface area contributed by atoms with Gasteiger partial charge in [0.05, 0.1) is 10.8 Å². The Balaban J connectivity index is 2.11. The van der Waals surface area contributed by atoms with Gasteiger partial charge in [0, 0.05) is 5.56 Å². The van der Waals surface area contributed by atoms with Gasteiger partial charge in [-0.2, -0.15) is 21.4 Å². The monoisotopic (exact) mass is 296 g/mol. The Bertz CT molecular complexity index is 691. The van der Waals surface area contributed by atoms with Crippen molar-refractivity contribution in [2.45, 2.75) is 5.75 Å². The first-order valence-electron chi connectivity index (χ1n) is 5.24. The van der Waals surface area contributed by atoms with Gasteiger partial charge in [-0.3, -0.25) is 0 Å². The maximum atomic E-state index is 6.17. The van der Waals surface area contributed by atoms with E-state index in [0.717, 1.165) is 27.1 Å². The summed E-state index contributed by atoms with van der Waals surface area (Å²) in [7, 11) is 0. The van der Waals surface area contributed by atoms with E-state index in [-0.39, 0.29) is 0 Å². The number of nitrogens with zero attached hydrogens (tertiary/aromatic N) is 4. The van der Waals surface area contributed by atoms with Crippen LogP contribution in [0.25, 0.3) is 15.5 Å². The van der Waals surface area contributed by atoms with E-state index in [0.29, 0.717) is 5.02 Å². The van der Waals surface area contributed by atoms with Gasteiger partial charge >= 0.3 is 0 Å². The molecule has 2 heterocycles. The molecule has 18 heavy (non-hydrogen) atoms. The number of hydrogen-bond acceptors (Lipinski definition) is 5. The molecule has 0 spiro atoms. The van der Waals surface area contributed by atoms with Gasteiger partial charge in [0.2, 0.25) is 4.96 Å². The van der Waals surface area contributed by atoms with E-state index in [1.165, 1.54) is 11.3 Å². The number of hydrogen-bond donors (Lipinski definition) is 0. The molecule has 2 aromatic heterocycles. The fourth-order valence-electron chi connectivity index (χ4n) is 1.62. The number of rotatable bonds is 3. The van der Waals surface area contributed by atoms with Crippen LogP contribution in [-0.2, 0) is 5.75 Å². The summed E-state index contributed by atoms with van der Waals surface area (Å²) in [5, 5.41) is 14.3. The van der Waals surface area contributed by atoms with Gasteiger partial charge in [0.1, 0.15) is 5.01 Å². The minimum atomic E-state index is 0.703. The van der Waals surface area contributed by atoms with Crippen molar-refractivity contribution in [1.29, 1.82) is 0 Å². The third-order valence-corrected chi connectivity index (χ3v) is 4.24. The summed E-state index contributed by atoms with van der Waals surface area (Å²) in [6.07, 6.45) is 2.03. The topological polar surface area (TPSA) is 43.1 Å². The molecule has 3 rings (SSSR count). The molecule has 3 aromatic rings. The largest absolute Gasteiger partial charge is 0.235 e. The van der Waals surface area contributed by atoms with E-state index < -0.39 is 0 Å². The Morgan fingerprint density at radius 1 is 1.33 bits per heavy atom. The molecule has 0 radical (unpaired) electrons. The van der Waals surface area contributed by atoms with Crippen molar-refractivity contribution in [3.8, 4) is 10.6 Å². The highest BCUT2D eigenvalue weighted by atomic mass is 35.5. The molecular formula is C11H9ClN4S2. The molecule has 0 aliphatic heterocycles. The Morgan fingerprint density at radius 2 is 2.17 bits per heavy atom. The molecule has 0 aliphatic carbocycles. The van der Waals surface area contributed by atoms with Crippen LogP contribution in [0.1, 0.15) is 5.82 Å². The molecule has 7 heteroatoms. The van der Waals surface area contributed by atoms with Crippen LogP contribution >= 0.6 is 34.7 Å². The lowest BCUT2D eigenvalue weighted by atomic mass is 10.2. The van der Waals surface area contributed by atoms with Crippen molar-refractivity contribution in [2.75, 3.05) is 6.26 Å². The van der Waals surface area contributed by atoms with Crippen molar-refractivity contribution in [3.05, 3.63) is 35.1 Å². The fraction of sp³-hybridized carbons (Fsp3) is 0.182. The molecule has 0 amide bonds. The summed E-state index contributed by atoms with van der Waals surface area (Å²) in [4.78, 5) is 0.800. The zero-order valence-electron chi connectivity index (χ0n) is 9.50. The van der Waals surface area contributed by atoms with Crippen molar-refractivity contribution in [3.63, 3.8) is 0 Å². The van der Waals surface area contributed by atoms with Crippen molar-refractivity contribution >= 4 is 39.7 Å². The molecule has 0 saturated heterocycles. The second-order valence-electron chi connectivity index (χ2n) is 3.63. The molecular weight excluding hydrogens is 288 g/mol. The van der Waals surface area contributed by atoms with Gasteiger partial charge in [-0.25, -0.2) is 0 Å². The first kappa shape index (κ1) is 12.0. The lowest BCUT2D eigenvalue weighted by molar-refractivity contribution is 0.888. The Labute approximate surface area is 117 Å². The first-order chi connectivity index (χ1) is 8.79. The molecule has 0 atom stereocenters. The highest BCUT2D eigenvalue weighted by Gasteiger charge is 2.13. The number of halogens is 1. The van der Waals surface area contributed by atoms with Gasteiger partial charge in [0.15, 0.2) is 5.82 Å². The lowest BCUT2D eigenvalue weighted by Gasteiger charge is -1.97. The van der Waals surface area contributed by atoms with Crippen LogP contribution in [0, 0.1) is 0 Å². The Hall–Kier alpha value is -1.11. The van der Waals surface area contributed by atoms with E-state index in [9.17, 15) is 0 Å². The van der Waals surface area contributed by atoms with E-state index in [1.807, 2.05) is 30.5 Å². The Kier molecular flexibility index (Phi) is 3.23. The summed E-state index contributed by atoms with van der Waals surface area (Å²) < 4.78 is 1.79. The highest BCUT2D eigenvalue weighted by Crippen LogP contribution is 2.31. The molecule has 0 N–H and O–H groups in total. The first-order valence-corrected chi connectivity index (χ1v) is 7.83. The van der Waals surface area contributed by atoms with Crippen molar-refractivity contribution < 1.29 is 0 Å². The van der Waals surface area contributed by atoms with Crippen LogP contribution in [0.2, 0.25) is 5.02 Å². The van der Waals surface area contributed by atoms with Gasteiger partial charge in [-0.05, 0) is 12.3 Å². The predicted octanol–water partition coefficient (Wildman–Crippen LogP) is 3.37. The lowest BCUT2D eigenvalue weighted by Crippen LogP contribution is -1.93. The number of aromatic nitrogens is 4. The predicted molar refractivity (Wildman–Crippen MR) is 76.3 cm³/mol. The molecule has 0 fully saturated rings. The van der Waals surface area contributed by atoms with Crippen LogP contribution in [0.4, 0.5) is 0 Å². The maximum Gasteiger partial charge on any atom is 0.235 e. The van der Waals surface area contributed by atoms with Crippen LogP contribution in [0.15, 0.2) is 24.3 Å². The number of benzene rings is 1. The fourth-order valence-corrected chi connectivity index (χ4v) is 3.24. The number of thioether (sulfide) groups is 1. The summed E-state index contributed by atoms with van der Waals surface area (Å²) in [5.74, 6) is 1.67. The second kappa shape index (κ2) is 4.87. The molecule has 92 valence electrons. The second-order valence-corrected chi connectivity index (χ2v) is 5.86. The minimum Gasteiger partial charge on any atom is -0.186 e. The highest BCUT2D eigenvalue weighted by molar-refractivity contribution is 7.97. The van der Waals surface area contributed by atoms with Crippen molar-refractivity contribution in [1.82, 2.24) is 19.8 Å². The van der Waals surface area contributed by atoms with E-state index in [1.54, 1.807) is 16.3 Å². The average molecular weight is 297 g/mol. The van der Waals surface area contributed by atoms with Crippen LogP contribution in [0.5, 0.6) is 0 Å². The zero-order valence-corrected chi connectivity index (χ0v) is 11.9. The van der Waals surface area contributed by atoms with Gasteiger partial charge in [-0.1, -0.05) is 41.1 Å². The number of fused-ring (bicyclic) bond motifs is 1. The average Bonchev–Trinajstić information content (AvgIpc) is 2.92. The quantitative estimate of drug-likeness (QED) is 0.743. The third-order valence-electron chi connectivity index (χ3n) is 2.43. The van der Waals surface area contributed by atoms with Gasteiger partial charge in [-0.15, -0.1) is 10.2 Å². The standard InChI is InChI=1S/C11H9ClN4S2/c1-17-6-9-13-14-11-16(9)15-10(18-11)7-4-2-3-5-8(7)12/h2-5H,6H2,1H3. The van der Waals surface area contributed by atoms with Gasteiger partial charge in [0.25, 0.3) is 0 Å². The Morgan fingerprint density at radius 3 is 2.94 bits per heavy atom. The molecule has 1 aromatic carbocycles. The normalized spacial score (nSPS) is 11.2. The van der Waals surface area contributed by atoms with E-state index >= 15 is 0 Å².